The molecule has 0 unspecified atom stereocenters. The third-order valence-electron chi connectivity index (χ3n) is 4.68. The molecule has 0 bridgehead atoms. The van der Waals surface area contributed by atoms with E-state index in [1.165, 1.54) is 12.1 Å². The van der Waals surface area contributed by atoms with Gasteiger partial charge in [-0.2, -0.15) is 0 Å². The van der Waals surface area contributed by atoms with E-state index in [1.807, 2.05) is 32.0 Å². The Balaban J connectivity index is 1.66. The number of rotatable bonds is 7. The van der Waals surface area contributed by atoms with Crippen molar-refractivity contribution in [3.8, 4) is 5.75 Å². The second-order valence-electron chi connectivity index (χ2n) is 7.18. The third kappa shape index (κ3) is 6.08. The Morgan fingerprint density at radius 2 is 1.68 bits per heavy atom. The van der Waals surface area contributed by atoms with Crippen molar-refractivity contribution in [3.63, 3.8) is 0 Å². The highest BCUT2D eigenvalue weighted by molar-refractivity contribution is 9.10. The summed E-state index contributed by atoms with van der Waals surface area (Å²) < 4.78 is 34.5. The molecule has 0 saturated heterocycles. The monoisotopic (exact) mass is 502 g/mol. The number of hydrogen-bond donors (Lipinski definition) is 2. The van der Waals surface area contributed by atoms with Gasteiger partial charge in [-0.3, -0.25) is 9.52 Å². The van der Waals surface area contributed by atoms with Crippen molar-refractivity contribution >= 4 is 43.2 Å². The van der Waals surface area contributed by atoms with Gasteiger partial charge >= 0.3 is 0 Å². The molecule has 3 rings (SSSR count). The van der Waals surface area contributed by atoms with E-state index in [0.717, 1.165) is 15.6 Å². The zero-order valence-corrected chi connectivity index (χ0v) is 19.8. The normalized spacial score (nSPS) is 11.1. The number of carbonyl (C=O) groups excluding carboxylic acids is 1. The topological polar surface area (TPSA) is 84.5 Å². The molecule has 6 nitrogen and oxygen atoms in total. The molecule has 8 heteroatoms. The van der Waals surface area contributed by atoms with Crippen molar-refractivity contribution in [2.24, 2.45) is 0 Å². The Labute approximate surface area is 190 Å². The summed E-state index contributed by atoms with van der Waals surface area (Å²) in [7, 11) is -3.75. The zero-order chi connectivity index (χ0) is 22.6. The summed E-state index contributed by atoms with van der Waals surface area (Å²) in [5.74, 6) is 0.125. The van der Waals surface area contributed by atoms with Crippen LogP contribution in [-0.2, 0) is 14.8 Å². The molecule has 0 aliphatic heterocycles. The largest absolute Gasteiger partial charge is 0.483 e. The van der Waals surface area contributed by atoms with Gasteiger partial charge in [0, 0.05) is 15.8 Å². The first-order valence-corrected chi connectivity index (χ1v) is 11.8. The van der Waals surface area contributed by atoms with Crippen molar-refractivity contribution in [3.05, 3.63) is 81.8 Å². The number of halogens is 1. The Kier molecular flexibility index (Phi) is 7.02. The number of hydrogen-bond acceptors (Lipinski definition) is 4. The van der Waals surface area contributed by atoms with Gasteiger partial charge in [-0.1, -0.05) is 28.1 Å². The summed E-state index contributed by atoms with van der Waals surface area (Å²) in [6, 6.07) is 17.2. The molecule has 0 aliphatic carbocycles. The number of nitrogens with one attached hydrogen (secondary N) is 2. The fraction of sp³-hybridized carbons (Fsp3) is 0.174. The zero-order valence-electron chi connectivity index (χ0n) is 17.4. The van der Waals surface area contributed by atoms with Crippen molar-refractivity contribution < 1.29 is 17.9 Å². The Hall–Kier alpha value is -2.84. The first-order valence-electron chi connectivity index (χ1n) is 9.53. The van der Waals surface area contributed by atoms with Crippen LogP contribution in [0.1, 0.15) is 16.7 Å². The first-order chi connectivity index (χ1) is 14.6. The number of sulfonamides is 1. The van der Waals surface area contributed by atoms with Gasteiger partial charge in [0.25, 0.3) is 15.9 Å². The lowest BCUT2D eigenvalue weighted by Crippen LogP contribution is -2.20. The summed E-state index contributed by atoms with van der Waals surface area (Å²) >= 11 is 3.35. The van der Waals surface area contributed by atoms with E-state index in [9.17, 15) is 13.2 Å². The number of ether oxygens (including phenoxy) is 1. The number of anilines is 2. The Bertz CT molecular complexity index is 1230. The summed E-state index contributed by atoms with van der Waals surface area (Å²) in [6.45, 7) is 5.43. The van der Waals surface area contributed by atoms with E-state index < -0.39 is 10.0 Å². The molecular formula is C23H23BrN2O4S. The van der Waals surface area contributed by atoms with Crippen LogP contribution in [0.5, 0.6) is 5.75 Å². The van der Waals surface area contributed by atoms with Crippen LogP contribution in [0.25, 0.3) is 0 Å². The molecule has 0 fully saturated rings. The van der Waals surface area contributed by atoms with E-state index in [2.05, 4.69) is 26.0 Å². The van der Waals surface area contributed by atoms with Gasteiger partial charge in [-0.15, -0.1) is 0 Å². The average molecular weight is 503 g/mol. The van der Waals surface area contributed by atoms with Crippen LogP contribution >= 0.6 is 15.9 Å². The maximum atomic E-state index is 12.7. The van der Waals surface area contributed by atoms with E-state index >= 15 is 0 Å². The molecular weight excluding hydrogens is 480 g/mol. The number of carbonyl (C=O) groups is 1. The van der Waals surface area contributed by atoms with E-state index in [4.69, 9.17) is 4.74 Å². The van der Waals surface area contributed by atoms with Crippen molar-refractivity contribution in [2.75, 3.05) is 16.6 Å². The lowest BCUT2D eigenvalue weighted by molar-refractivity contribution is -0.118. The minimum atomic E-state index is -3.75. The number of amides is 1. The molecule has 0 spiro atoms. The van der Waals surface area contributed by atoms with E-state index in [0.29, 0.717) is 22.7 Å². The summed E-state index contributed by atoms with van der Waals surface area (Å²) in [5.41, 5.74) is 3.85. The van der Waals surface area contributed by atoms with Crippen molar-refractivity contribution in [1.82, 2.24) is 0 Å². The lowest BCUT2D eigenvalue weighted by Gasteiger charge is -2.13. The molecule has 31 heavy (non-hydrogen) atoms. The van der Waals surface area contributed by atoms with Gasteiger partial charge in [-0.05, 0) is 86.0 Å². The predicted molar refractivity (Wildman–Crippen MR) is 126 cm³/mol. The number of benzene rings is 3. The predicted octanol–water partition coefficient (Wildman–Crippen LogP) is 5.19. The second-order valence-corrected chi connectivity index (χ2v) is 9.78. The third-order valence-corrected chi connectivity index (χ3v) is 6.56. The molecule has 0 saturated carbocycles. The van der Waals surface area contributed by atoms with Crippen LogP contribution in [0, 0.1) is 20.8 Å². The number of aryl methyl sites for hydroxylation is 3. The molecule has 0 aromatic heterocycles. The summed E-state index contributed by atoms with van der Waals surface area (Å²) in [5, 5.41) is 2.74. The SMILES string of the molecule is Cc1ccc(NS(=O)(=O)c2ccc(OCC(=O)Nc3cccc(Br)c3)c(C)c2)cc1C. The molecule has 2 N–H and O–H groups in total. The average Bonchev–Trinajstić information content (AvgIpc) is 2.69. The molecule has 0 radical (unpaired) electrons. The van der Waals surface area contributed by atoms with E-state index in [1.54, 1.807) is 37.3 Å². The van der Waals surface area contributed by atoms with Gasteiger partial charge in [0.15, 0.2) is 6.61 Å². The summed E-state index contributed by atoms with van der Waals surface area (Å²) in [6.07, 6.45) is 0. The fourth-order valence-corrected chi connectivity index (χ4v) is 4.41. The van der Waals surface area contributed by atoms with Crippen molar-refractivity contribution in [1.29, 1.82) is 0 Å². The van der Waals surface area contributed by atoms with Gasteiger partial charge in [0.05, 0.1) is 4.90 Å². The molecule has 0 heterocycles. The van der Waals surface area contributed by atoms with Gasteiger partial charge in [0.1, 0.15) is 5.75 Å². The van der Waals surface area contributed by atoms with Crippen LogP contribution in [0.2, 0.25) is 0 Å². The summed E-state index contributed by atoms with van der Waals surface area (Å²) in [4.78, 5) is 12.3. The minimum Gasteiger partial charge on any atom is -0.483 e. The molecule has 0 aliphatic rings. The van der Waals surface area contributed by atoms with Gasteiger partial charge < -0.3 is 10.1 Å². The quantitative estimate of drug-likeness (QED) is 0.465. The smallest absolute Gasteiger partial charge is 0.262 e. The molecule has 3 aromatic carbocycles. The Morgan fingerprint density at radius 1 is 0.903 bits per heavy atom. The molecule has 0 atom stereocenters. The minimum absolute atomic E-state index is 0.120. The van der Waals surface area contributed by atoms with Gasteiger partial charge in [-0.25, -0.2) is 8.42 Å². The van der Waals surface area contributed by atoms with Crippen LogP contribution in [0.3, 0.4) is 0 Å². The maximum Gasteiger partial charge on any atom is 0.262 e. The molecule has 162 valence electrons. The highest BCUT2D eigenvalue weighted by atomic mass is 79.9. The highest BCUT2D eigenvalue weighted by Gasteiger charge is 2.16. The molecule has 3 aromatic rings. The second kappa shape index (κ2) is 9.53. The van der Waals surface area contributed by atoms with Crippen LogP contribution < -0.4 is 14.8 Å². The fourth-order valence-electron chi connectivity index (χ4n) is 2.88. The maximum absolute atomic E-state index is 12.7. The van der Waals surface area contributed by atoms with Crippen LogP contribution in [0.4, 0.5) is 11.4 Å². The molecule has 1 amide bonds. The van der Waals surface area contributed by atoms with Gasteiger partial charge in [0.2, 0.25) is 0 Å². The standard InChI is InChI=1S/C23H23BrN2O4S/c1-15-7-8-20(11-16(15)2)26-31(28,29)21-9-10-22(17(3)12-21)30-14-23(27)25-19-6-4-5-18(24)13-19/h4-13,26H,14H2,1-3H3,(H,25,27). The van der Waals surface area contributed by atoms with Crippen molar-refractivity contribution in [2.45, 2.75) is 25.7 Å². The lowest BCUT2D eigenvalue weighted by atomic mass is 10.1. The highest BCUT2D eigenvalue weighted by Crippen LogP contribution is 2.24. The van der Waals surface area contributed by atoms with E-state index in [-0.39, 0.29) is 17.4 Å². The first kappa shape index (κ1) is 22.8. The van der Waals surface area contributed by atoms with Crippen LogP contribution in [-0.4, -0.2) is 20.9 Å². The van der Waals surface area contributed by atoms with Crippen LogP contribution in [0.15, 0.2) is 70.0 Å². The Morgan fingerprint density at radius 3 is 2.35 bits per heavy atom.